The number of ether oxygens (including phenoxy) is 2. The van der Waals surface area contributed by atoms with Crippen LogP contribution in [0.3, 0.4) is 0 Å². The van der Waals surface area contributed by atoms with Gasteiger partial charge in [-0.1, -0.05) is 6.07 Å². The standard InChI is InChI=1S/C12H16N2O3/c1-8(12(13)15)14-7-9-2-3-10-11(6-9)17-5-4-16-10/h2-3,6,8,14H,4-5,7H2,1H3,(H2,13,15). The van der Waals surface area contributed by atoms with Crippen molar-refractivity contribution in [1.82, 2.24) is 5.32 Å². The minimum Gasteiger partial charge on any atom is -0.486 e. The van der Waals surface area contributed by atoms with Crippen molar-refractivity contribution in [1.29, 1.82) is 0 Å². The third-order valence-electron chi connectivity index (χ3n) is 2.65. The van der Waals surface area contributed by atoms with E-state index in [9.17, 15) is 4.79 Å². The molecule has 1 atom stereocenters. The molecule has 5 nitrogen and oxygen atoms in total. The number of hydrogen-bond acceptors (Lipinski definition) is 4. The normalized spacial score (nSPS) is 15.4. The molecule has 2 rings (SSSR count). The number of carbonyl (C=O) groups excluding carboxylic acids is 1. The molecule has 0 fully saturated rings. The van der Waals surface area contributed by atoms with Crippen molar-refractivity contribution in [2.45, 2.75) is 19.5 Å². The molecule has 0 aromatic heterocycles. The summed E-state index contributed by atoms with van der Waals surface area (Å²) in [6.07, 6.45) is 0. The first-order chi connectivity index (χ1) is 8.16. The van der Waals surface area contributed by atoms with E-state index in [0.29, 0.717) is 19.8 Å². The van der Waals surface area contributed by atoms with Crippen molar-refractivity contribution < 1.29 is 14.3 Å². The second-order valence-corrected chi connectivity index (χ2v) is 3.98. The summed E-state index contributed by atoms with van der Waals surface area (Å²) in [4.78, 5) is 10.9. The molecular formula is C12H16N2O3. The SMILES string of the molecule is CC(NCc1ccc2c(c1)OCCO2)C(N)=O. The number of carbonyl (C=O) groups is 1. The third kappa shape index (κ3) is 2.88. The summed E-state index contributed by atoms with van der Waals surface area (Å²) >= 11 is 0. The third-order valence-corrected chi connectivity index (χ3v) is 2.65. The molecule has 1 aliphatic rings. The Kier molecular flexibility index (Phi) is 3.49. The van der Waals surface area contributed by atoms with Gasteiger partial charge < -0.3 is 20.5 Å². The molecular weight excluding hydrogens is 220 g/mol. The van der Waals surface area contributed by atoms with E-state index in [-0.39, 0.29) is 11.9 Å². The highest BCUT2D eigenvalue weighted by Gasteiger charge is 2.12. The molecule has 1 aromatic carbocycles. The Morgan fingerprint density at radius 1 is 1.41 bits per heavy atom. The summed E-state index contributed by atoms with van der Waals surface area (Å²) in [5.41, 5.74) is 6.19. The summed E-state index contributed by atoms with van der Waals surface area (Å²) in [5.74, 6) is 1.16. The summed E-state index contributed by atoms with van der Waals surface area (Å²) in [6.45, 7) is 3.46. The van der Waals surface area contributed by atoms with E-state index in [0.717, 1.165) is 17.1 Å². The molecule has 0 saturated heterocycles. The topological polar surface area (TPSA) is 73.6 Å². The number of nitrogens with two attached hydrogens (primary N) is 1. The van der Waals surface area contributed by atoms with Crippen LogP contribution >= 0.6 is 0 Å². The minimum absolute atomic E-state index is 0.344. The van der Waals surface area contributed by atoms with Gasteiger partial charge in [0.1, 0.15) is 13.2 Å². The summed E-state index contributed by atoms with van der Waals surface area (Å²) in [5, 5.41) is 3.03. The highest BCUT2D eigenvalue weighted by atomic mass is 16.6. The van der Waals surface area contributed by atoms with Gasteiger partial charge in [-0.15, -0.1) is 0 Å². The molecule has 0 bridgehead atoms. The van der Waals surface area contributed by atoms with Crippen molar-refractivity contribution in [3.05, 3.63) is 23.8 Å². The van der Waals surface area contributed by atoms with Crippen molar-refractivity contribution in [2.24, 2.45) is 5.73 Å². The molecule has 17 heavy (non-hydrogen) atoms. The van der Waals surface area contributed by atoms with Crippen molar-refractivity contribution >= 4 is 5.91 Å². The summed E-state index contributed by atoms with van der Waals surface area (Å²) in [7, 11) is 0. The first kappa shape index (κ1) is 11.7. The zero-order valence-corrected chi connectivity index (χ0v) is 9.73. The van der Waals surface area contributed by atoms with Crippen LogP contribution in [0, 0.1) is 0 Å². The fourth-order valence-electron chi connectivity index (χ4n) is 1.57. The van der Waals surface area contributed by atoms with Crippen LogP contribution in [0.15, 0.2) is 18.2 Å². The number of fused-ring (bicyclic) bond motifs is 1. The van der Waals surface area contributed by atoms with Crippen LogP contribution in [0.25, 0.3) is 0 Å². The van der Waals surface area contributed by atoms with Gasteiger partial charge in [0.05, 0.1) is 6.04 Å². The molecule has 1 unspecified atom stereocenters. The predicted octanol–water partition coefficient (Wildman–Crippen LogP) is 0.421. The fourth-order valence-corrected chi connectivity index (χ4v) is 1.57. The van der Waals surface area contributed by atoms with Gasteiger partial charge in [0.15, 0.2) is 11.5 Å². The summed E-state index contributed by atoms with van der Waals surface area (Å²) in [6, 6.07) is 5.38. The van der Waals surface area contributed by atoms with E-state index < -0.39 is 0 Å². The van der Waals surface area contributed by atoms with Crippen molar-refractivity contribution in [2.75, 3.05) is 13.2 Å². The average molecular weight is 236 g/mol. The molecule has 0 aliphatic carbocycles. The van der Waals surface area contributed by atoms with Gasteiger partial charge in [0.25, 0.3) is 0 Å². The summed E-state index contributed by atoms with van der Waals surface area (Å²) < 4.78 is 10.9. The molecule has 1 heterocycles. The Labute approximate surface area is 99.9 Å². The Bertz CT molecular complexity index is 420. The largest absolute Gasteiger partial charge is 0.486 e. The van der Waals surface area contributed by atoms with Crippen LogP contribution in [0.2, 0.25) is 0 Å². The zero-order chi connectivity index (χ0) is 12.3. The highest BCUT2D eigenvalue weighted by molar-refractivity contribution is 5.79. The number of primary amides is 1. The first-order valence-electron chi connectivity index (χ1n) is 5.58. The van der Waals surface area contributed by atoms with Crippen molar-refractivity contribution in [3.63, 3.8) is 0 Å². The predicted molar refractivity (Wildman–Crippen MR) is 62.9 cm³/mol. The van der Waals surface area contributed by atoms with E-state index >= 15 is 0 Å². The maximum Gasteiger partial charge on any atom is 0.234 e. The van der Waals surface area contributed by atoms with E-state index in [1.165, 1.54) is 0 Å². The smallest absolute Gasteiger partial charge is 0.234 e. The van der Waals surface area contributed by atoms with Gasteiger partial charge in [0.2, 0.25) is 5.91 Å². The monoisotopic (exact) mass is 236 g/mol. The van der Waals surface area contributed by atoms with Gasteiger partial charge in [0, 0.05) is 6.54 Å². The van der Waals surface area contributed by atoms with Crippen LogP contribution in [0.1, 0.15) is 12.5 Å². The van der Waals surface area contributed by atoms with E-state index in [1.807, 2.05) is 18.2 Å². The average Bonchev–Trinajstić information content (AvgIpc) is 2.35. The maximum atomic E-state index is 10.9. The quantitative estimate of drug-likeness (QED) is 0.794. The van der Waals surface area contributed by atoms with Crippen LogP contribution in [0.4, 0.5) is 0 Å². The van der Waals surface area contributed by atoms with Gasteiger partial charge in [-0.05, 0) is 24.6 Å². The maximum absolute atomic E-state index is 10.9. The minimum atomic E-state index is -0.359. The molecule has 92 valence electrons. The van der Waals surface area contributed by atoms with Crippen LogP contribution in [0.5, 0.6) is 11.5 Å². The second kappa shape index (κ2) is 5.05. The first-order valence-corrected chi connectivity index (χ1v) is 5.58. The Hall–Kier alpha value is -1.75. The Balaban J connectivity index is 2.00. The van der Waals surface area contributed by atoms with Gasteiger partial charge in [-0.25, -0.2) is 0 Å². The zero-order valence-electron chi connectivity index (χ0n) is 9.73. The fraction of sp³-hybridized carbons (Fsp3) is 0.417. The lowest BCUT2D eigenvalue weighted by Gasteiger charge is -2.19. The molecule has 3 N–H and O–H groups in total. The van der Waals surface area contributed by atoms with Gasteiger partial charge in [-0.2, -0.15) is 0 Å². The number of amides is 1. The van der Waals surface area contributed by atoms with Gasteiger partial charge >= 0.3 is 0 Å². The number of hydrogen-bond donors (Lipinski definition) is 2. The van der Waals surface area contributed by atoms with E-state index in [1.54, 1.807) is 6.92 Å². The van der Waals surface area contributed by atoms with Crippen LogP contribution < -0.4 is 20.5 Å². The second-order valence-electron chi connectivity index (χ2n) is 3.98. The number of rotatable bonds is 4. The Morgan fingerprint density at radius 3 is 2.82 bits per heavy atom. The lowest BCUT2D eigenvalue weighted by atomic mass is 10.2. The highest BCUT2D eigenvalue weighted by Crippen LogP contribution is 2.30. The number of benzene rings is 1. The van der Waals surface area contributed by atoms with Crippen LogP contribution in [-0.2, 0) is 11.3 Å². The van der Waals surface area contributed by atoms with E-state index in [4.69, 9.17) is 15.2 Å². The molecule has 0 spiro atoms. The van der Waals surface area contributed by atoms with Gasteiger partial charge in [-0.3, -0.25) is 4.79 Å². The molecule has 1 aromatic rings. The molecule has 1 amide bonds. The molecule has 5 heteroatoms. The van der Waals surface area contributed by atoms with Crippen molar-refractivity contribution in [3.8, 4) is 11.5 Å². The molecule has 1 aliphatic heterocycles. The molecule has 0 radical (unpaired) electrons. The number of nitrogens with one attached hydrogen (secondary N) is 1. The van der Waals surface area contributed by atoms with Crippen LogP contribution in [-0.4, -0.2) is 25.2 Å². The Morgan fingerprint density at radius 2 is 2.12 bits per heavy atom. The lowest BCUT2D eigenvalue weighted by molar-refractivity contribution is -0.119. The molecule has 0 saturated carbocycles. The van der Waals surface area contributed by atoms with E-state index in [2.05, 4.69) is 5.32 Å². The lowest BCUT2D eigenvalue weighted by Crippen LogP contribution is -2.38.